The van der Waals surface area contributed by atoms with Crippen LogP contribution >= 0.6 is 0 Å². The van der Waals surface area contributed by atoms with Gasteiger partial charge in [-0.2, -0.15) is 0 Å². The second kappa shape index (κ2) is 8.12. The predicted molar refractivity (Wildman–Crippen MR) is 109 cm³/mol. The summed E-state index contributed by atoms with van der Waals surface area (Å²) in [6.45, 7) is 0. The van der Waals surface area contributed by atoms with Gasteiger partial charge in [0.05, 0.1) is 15.5 Å². The van der Waals surface area contributed by atoms with Gasteiger partial charge in [0.2, 0.25) is 26.0 Å². The molecule has 13 nitrogen and oxygen atoms in total. The lowest BCUT2D eigenvalue weighted by Crippen LogP contribution is -2.34. The molecule has 3 rings (SSSR count). The smallest absolute Gasteiger partial charge is 0.284 e. The van der Waals surface area contributed by atoms with Gasteiger partial charge in [0.1, 0.15) is 0 Å². The fraction of sp³-hybridized carbons (Fsp3) is 0.0588. The van der Waals surface area contributed by atoms with Gasteiger partial charge in [-0.05, 0) is 48.5 Å². The molecule has 0 saturated carbocycles. The van der Waals surface area contributed by atoms with E-state index in [4.69, 9.17) is 10.3 Å². The summed E-state index contributed by atoms with van der Waals surface area (Å²) in [5, 5.41) is 24.3. The van der Waals surface area contributed by atoms with Crippen molar-refractivity contribution in [3.05, 3.63) is 48.5 Å². The second-order valence-electron chi connectivity index (χ2n) is 6.49. The standard InChI is InChI=1S/C17H15N5O8S2/c18-31(27,28)11-5-1-9(2-6-11)20-15(23)13-14(21-26)17(25)22(16(13)24)10-3-7-12(8-4-10)32(19,29)30/h1-8,13,26H,(H,20,23)(H2,18,27,28)(H2,19,29,30)/b21-14+/t13-/m1/s1. The number of sulfonamides is 2. The molecule has 0 aliphatic carbocycles. The minimum Gasteiger partial charge on any atom is -0.410 e. The number of primary sulfonamides is 2. The molecule has 0 bridgehead atoms. The van der Waals surface area contributed by atoms with Crippen LogP contribution in [-0.4, -0.2) is 45.5 Å². The lowest BCUT2D eigenvalue weighted by molar-refractivity contribution is -0.127. The highest BCUT2D eigenvalue weighted by atomic mass is 32.2. The Labute approximate surface area is 181 Å². The molecule has 1 fully saturated rings. The van der Waals surface area contributed by atoms with Crippen molar-refractivity contribution in [3.8, 4) is 0 Å². The Morgan fingerprint density at radius 2 is 1.38 bits per heavy atom. The van der Waals surface area contributed by atoms with Crippen LogP contribution in [0.25, 0.3) is 0 Å². The number of hydrogen-bond donors (Lipinski definition) is 4. The van der Waals surface area contributed by atoms with Crippen LogP contribution in [0, 0.1) is 5.92 Å². The summed E-state index contributed by atoms with van der Waals surface area (Å²) in [7, 11) is -7.98. The molecular weight excluding hydrogens is 466 g/mol. The quantitative estimate of drug-likeness (QED) is 0.178. The van der Waals surface area contributed by atoms with E-state index < -0.39 is 49.4 Å². The summed E-state index contributed by atoms with van der Waals surface area (Å²) >= 11 is 0. The molecule has 2 aromatic rings. The summed E-state index contributed by atoms with van der Waals surface area (Å²) in [6, 6.07) is 9.01. The van der Waals surface area contributed by atoms with Crippen molar-refractivity contribution in [1.29, 1.82) is 0 Å². The fourth-order valence-electron chi connectivity index (χ4n) is 2.89. The maximum atomic E-state index is 12.8. The molecule has 0 spiro atoms. The number of anilines is 2. The molecule has 32 heavy (non-hydrogen) atoms. The molecule has 1 saturated heterocycles. The zero-order chi connectivity index (χ0) is 23.8. The molecule has 0 unspecified atom stereocenters. The Morgan fingerprint density at radius 3 is 1.81 bits per heavy atom. The van der Waals surface area contributed by atoms with Gasteiger partial charge in [0.25, 0.3) is 11.8 Å². The van der Waals surface area contributed by atoms with Crippen molar-refractivity contribution in [2.45, 2.75) is 9.79 Å². The van der Waals surface area contributed by atoms with Crippen LogP contribution in [0.4, 0.5) is 11.4 Å². The van der Waals surface area contributed by atoms with Crippen molar-refractivity contribution in [2.75, 3.05) is 10.2 Å². The van der Waals surface area contributed by atoms with Crippen LogP contribution in [0.3, 0.4) is 0 Å². The minimum absolute atomic E-state index is 0.0795. The van der Waals surface area contributed by atoms with Crippen molar-refractivity contribution in [3.63, 3.8) is 0 Å². The van der Waals surface area contributed by atoms with Crippen molar-refractivity contribution in [2.24, 2.45) is 21.4 Å². The average Bonchev–Trinajstić information content (AvgIpc) is 2.96. The first-order valence-corrected chi connectivity index (χ1v) is 11.6. The Hall–Kier alpha value is -3.66. The lowest BCUT2D eigenvalue weighted by Gasteiger charge is -2.14. The van der Waals surface area contributed by atoms with Gasteiger partial charge >= 0.3 is 0 Å². The van der Waals surface area contributed by atoms with E-state index in [1.807, 2.05) is 0 Å². The van der Waals surface area contributed by atoms with Crippen LogP contribution in [0.2, 0.25) is 0 Å². The first-order chi connectivity index (χ1) is 14.8. The van der Waals surface area contributed by atoms with Gasteiger partial charge in [0, 0.05) is 5.69 Å². The number of nitrogens with one attached hydrogen (secondary N) is 1. The lowest BCUT2D eigenvalue weighted by atomic mass is 10.1. The third kappa shape index (κ3) is 4.35. The number of carbonyl (C=O) groups excluding carboxylic acids is 3. The van der Waals surface area contributed by atoms with Gasteiger partial charge in [-0.3, -0.25) is 14.4 Å². The highest BCUT2D eigenvalue weighted by Gasteiger charge is 2.50. The maximum Gasteiger partial charge on any atom is 0.284 e. The molecule has 0 aromatic heterocycles. The van der Waals surface area contributed by atoms with Crippen LogP contribution in [0.5, 0.6) is 0 Å². The molecule has 15 heteroatoms. The van der Waals surface area contributed by atoms with Gasteiger partial charge in [-0.15, -0.1) is 0 Å². The van der Waals surface area contributed by atoms with Gasteiger partial charge in [-0.25, -0.2) is 32.0 Å². The van der Waals surface area contributed by atoms with Crippen molar-refractivity contribution < 1.29 is 36.4 Å². The molecular formula is C17H15N5O8S2. The number of carbonyl (C=O) groups is 3. The Kier molecular flexibility index (Phi) is 5.84. The Morgan fingerprint density at radius 1 is 0.906 bits per heavy atom. The molecule has 1 aliphatic rings. The van der Waals surface area contributed by atoms with E-state index in [2.05, 4.69) is 10.5 Å². The van der Waals surface area contributed by atoms with E-state index in [9.17, 15) is 36.4 Å². The van der Waals surface area contributed by atoms with Crippen molar-refractivity contribution >= 4 is 54.9 Å². The van der Waals surface area contributed by atoms with Gasteiger partial charge < -0.3 is 10.5 Å². The summed E-state index contributed by atoms with van der Waals surface area (Å²) in [5.74, 6) is -4.98. The van der Waals surface area contributed by atoms with Crippen LogP contribution in [-0.2, 0) is 34.4 Å². The summed E-state index contributed by atoms with van der Waals surface area (Å²) < 4.78 is 45.3. The summed E-state index contributed by atoms with van der Waals surface area (Å²) in [4.78, 5) is 38.1. The zero-order valence-corrected chi connectivity index (χ0v) is 17.5. The molecule has 0 radical (unpaired) electrons. The average molecular weight is 481 g/mol. The second-order valence-corrected chi connectivity index (χ2v) is 9.62. The SMILES string of the molecule is NS(=O)(=O)c1ccc(NC(=O)[C@@H]2C(=O)N(c3ccc(S(N)(=O)=O)cc3)C(=O)/C2=N/O)cc1. The number of nitrogens with zero attached hydrogens (tertiary/aromatic N) is 2. The van der Waals surface area contributed by atoms with Gasteiger partial charge in [0.15, 0.2) is 11.6 Å². The molecule has 1 atom stereocenters. The van der Waals surface area contributed by atoms with E-state index in [1.165, 1.54) is 12.1 Å². The largest absolute Gasteiger partial charge is 0.410 e. The zero-order valence-electron chi connectivity index (χ0n) is 15.9. The highest BCUT2D eigenvalue weighted by molar-refractivity contribution is 7.89. The van der Waals surface area contributed by atoms with Crippen LogP contribution in [0.15, 0.2) is 63.5 Å². The van der Waals surface area contributed by atoms with Gasteiger partial charge in [-0.1, -0.05) is 5.16 Å². The first kappa shape index (κ1) is 23.0. The maximum absolute atomic E-state index is 12.8. The van der Waals surface area contributed by atoms with E-state index in [-0.39, 0.29) is 21.2 Å². The highest BCUT2D eigenvalue weighted by Crippen LogP contribution is 2.27. The first-order valence-electron chi connectivity index (χ1n) is 8.51. The number of imide groups is 1. The van der Waals surface area contributed by atoms with E-state index in [0.717, 1.165) is 36.4 Å². The number of oxime groups is 1. The predicted octanol–water partition coefficient (Wildman–Crippen LogP) is -1.06. The summed E-state index contributed by atoms with van der Waals surface area (Å²) in [5.41, 5.74) is -0.763. The van der Waals surface area contributed by atoms with Crippen LogP contribution < -0.4 is 20.5 Å². The Bertz CT molecular complexity index is 1350. The number of rotatable bonds is 5. The molecule has 1 heterocycles. The minimum atomic E-state index is -4.02. The van der Waals surface area contributed by atoms with E-state index >= 15 is 0 Å². The van der Waals surface area contributed by atoms with E-state index in [1.54, 1.807) is 0 Å². The number of benzene rings is 2. The molecule has 2 aromatic carbocycles. The number of amides is 3. The molecule has 1 aliphatic heterocycles. The third-order valence-corrected chi connectivity index (χ3v) is 6.27. The number of hydrogen-bond acceptors (Lipinski definition) is 9. The molecule has 168 valence electrons. The topological polar surface area (TPSA) is 219 Å². The number of nitrogens with two attached hydrogens (primary N) is 2. The third-order valence-electron chi connectivity index (χ3n) is 4.41. The molecule has 3 amide bonds. The molecule has 6 N–H and O–H groups in total. The summed E-state index contributed by atoms with van der Waals surface area (Å²) in [6.07, 6.45) is 0. The Balaban J connectivity index is 1.88. The van der Waals surface area contributed by atoms with E-state index in [0.29, 0.717) is 4.90 Å². The fourth-order valence-corrected chi connectivity index (χ4v) is 3.92. The normalized spacial score (nSPS) is 18.2. The monoisotopic (exact) mass is 481 g/mol. The van der Waals surface area contributed by atoms with Crippen molar-refractivity contribution in [1.82, 2.24) is 0 Å². The van der Waals surface area contributed by atoms with Crippen LogP contribution in [0.1, 0.15) is 0 Å².